The lowest BCUT2D eigenvalue weighted by atomic mass is 9.98. The number of benzene rings is 3. The fourth-order valence-corrected chi connectivity index (χ4v) is 4.63. The summed E-state index contributed by atoms with van der Waals surface area (Å²) >= 11 is 1.77. The van der Waals surface area contributed by atoms with E-state index < -0.39 is 0 Å². The summed E-state index contributed by atoms with van der Waals surface area (Å²) in [6, 6.07) is 22.0. The number of nitrogens with one attached hydrogen (secondary N) is 1. The third kappa shape index (κ3) is 4.54. The Morgan fingerprint density at radius 1 is 1.03 bits per heavy atom. The Labute approximate surface area is 206 Å². The van der Waals surface area contributed by atoms with Crippen molar-refractivity contribution in [1.82, 2.24) is 30.2 Å². The van der Waals surface area contributed by atoms with Crippen molar-refractivity contribution in [1.29, 1.82) is 0 Å². The Morgan fingerprint density at radius 3 is 2.54 bits per heavy atom. The lowest BCUT2D eigenvalue weighted by Crippen LogP contribution is -2.10. The average Bonchev–Trinajstić information content (AvgIpc) is 3.56. The second kappa shape index (κ2) is 10.1. The summed E-state index contributed by atoms with van der Waals surface area (Å²) in [5.74, 6) is 2.10. The van der Waals surface area contributed by atoms with Gasteiger partial charge in [-0.25, -0.2) is 9.78 Å². The molecule has 176 valence electrons. The monoisotopic (exact) mass is 484 g/mol. The highest BCUT2D eigenvalue weighted by Crippen LogP contribution is 2.30. The van der Waals surface area contributed by atoms with Gasteiger partial charge in [-0.3, -0.25) is 0 Å². The fraction of sp³-hybridized carbons (Fsp3) is 0.192. The minimum absolute atomic E-state index is 0.360. The molecule has 0 spiro atoms. The molecular formula is C26H24N6O2S. The number of tetrazole rings is 1. The van der Waals surface area contributed by atoms with Crippen LogP contribution in [0.4, 0.5) is 0 Å². The summed E-state index contributed by atoms with van der Waals surface area (Å²) in [4.78, 5) is 17.3. The van der Waals surface area contributed by atoms with Gasteiger partial charge >= 0.3 is 5.97 Å². The van der Waals surface area contributed by atoms with Crippen molar-refractivity contribution in [3.63, 3.8) is 0 Å². The van der Waals surface area contributed by atoms with Crippen molar-refractivity contribution in [2.24, 2.45) is 0 Å². The van der Waals surface area contributed by atoms with Crippen LogP contribution in [-0.2, 0) is 17.7 Å². The van der Waals surface area contributed by atoms with Gasteiger partial charge in [-0.2, -0.15) is 17.0 Å². The van der Waals surface area contributed by atoms with E-state index in [0.717, 1.165) is 51.3 Å². The first-order chi connectivity index (χ1) is 17.2. The SMILES string of the molecule is COC(=O)c1cccc2nc(CCSC)n(Cc3ccc(-c4ccccc4-c4nn[nH]n4)cc3)c12. The van der Waals surface area contributed by atoms with E-state index in [1.165, 1.54) is 7.11 Å². The highest BCUT2D eigenvalue weighted by atomic mass is 32.2. The Kier molecular flexibility index (Phi) is 6.58. The number of imidazole rings is 1. The Bertz CT molecular complexity index is 1460. The predicted molar refractivity (Wildman–Crippen MR) is 137 cm³/mol. The van der Waals surface area contributed by atoms with Crippen LogP contribution < -0.4 is 0 Å². The van der Waals surface area contributed by atoms with Crippen LogP contribution in [0.25, 0.3) is 33.5 Å². The molecule has 5 aromatic rings. The van der Waals surface area contributed by atoms with Crippen molar-refractivity contribution in [3.05, 3.63) is 83.7 Å². The molecule has 0 aliphatic rings. The lowest BCUT2D eigenvalue weighted by Gasteiger charge is -2.12. The maximum Gasteiger partial charge on any atom is 0.340 e. The largest absolute Gasteiger partial charge is 0.465 e. The summed E-state index contributed by atoms with van der Waals surface area (Å²) in [7, 11) is 1.40. The molecular weight excluding hydrogens is 460 g/mol. The zero-order valence-corrected chi connectivity index (χ0v) is 20.2. The number of aromatic amines is 1. The zero-order valence-electron chi connectivity index (χ0n) is 19.4. The molecule has 3 aromatic carbocycles. The van der Waals surface area contributed by atoms with Crippen LogP contribution in [0.1, 0.15) is 21.7 Å². The Hall–Kier alpha value is -3.98. The molecule has 5 rings (SSSR count). The van der Waals surface area contributed by atoms with Gasteiger partial charge in [-0.05, 0) is 40.3 Å². The number of rotatable bonds is 8. The number of carbonyl (C=O) groups is 1. The fourth-order valence-electron chi connectivity index (χ4n) is 4.24. The van der Waals surface area contributed by atoms with Crippen molar-refractivity contribution in [2.45, 2.75) is 13.0 Å². The number of methoxy groups -OCH3 is 1. The van der Waals surface area contributed by atoms with Gasteiger partial charge in [0.05, 0.1) is 23.7 Å². The van der Waals surface area contributed by atoms with Gasteiger partial charge in [0.25, 0.3) is 0 Å². The summed E-state index contributed by atoms with van der Waals surface area (Å²) in [6.07, 6.45) is 2.89. The number of fused-ring (bicyclic) bond motifs is 1. The van der Waals surface area contributed by atoms with Crippen LogP contribution in [0.5, 0.6) is 0 Å². The van der Waals surface area contributed by atoms with E-state index in [-0.39, 0.29) is 5.97 Å². The third-order valence-electron chi connectivity index (χ3n) is 5.90. The van der Waals surface area contributed by atoms with E-state index in [1.807, 2.05) is 36.4 Å². The quantitative estimate of drug-likeness (QED) is 0.321. The molecule has 9 heteroatoms. The number of aromatic nitrogens is 6. The highest BCUT2D eigenvalue weighted by molar-refractivity contribution is 7.98. The molecule has 0 saturated heterocycles. The molecule has 2 heterocycles. The molecule has 35 heavy (non-hydrogen) atoms. The van der Waals surface area contributed by atoms with Crippen LogP contribution in [0, 0.1) is 0 Å². The van der Waals surface area contributed by atoms with E-state index in [9.17, 15) is 4.79 Å². The van der Waals surface area contributed by atoms with Crippen LogP contribution in [-0.4, -0.2) is 55.3 Å². The average molecular weight is 485 g/mol. The van der Waals surface area contributed by atoms with Crippen molar-refractivity contribution >= 4 is 28.8 Å². The van der Waals surface area contributed by atoms with Crippen LogP contribution in [0.15, 0.2) is 66.7 Å². The number of aryl methyl sites for hydroxylation is 1. The van der Waals surface area contributed by atoms with Gasteiger partial charge in [-0.1, -0.05) is 54.6 Å². The van der Waals surface area contributed by atoms with Gasteiger partial charge in [0.15, 0.2) is 0 Å². The maximum absolute atomic E-state index is 12.5. The van der Waals surface area contributed by atoms with Crippen LogP contribution in [0.2, 0.25) is 0 Å². The minimum atomic E-state index is -0.360. The second-order valence-electron chi connectivity index (χ2n) is 8.00. The number of hydrogen-bond donors (Lipinski definition) is 1. The topological polar surface area (TPSA) is 98.6 Å². The number of carbonyl (C=O) groups excluding carboxylic acids is 1. The van der Waals surface area contributed by atoms with E-state index in [0.29, 0.717) is 17.9 Å². The maximum atomic E-state index is 12.5. The molecule has 2 aromatic heterocycles. The number of thioether (sulfide) groups is 1. The van der Waals surface area contributed by atoms with Crippen molar-refractivity contribution < 1.29 is 9.53 Å². The van der Waals surface area contributed by atoms with E-state index in [4.69, 9.17) is 9.72 Å². The highest BCUT2D eigenvalue weighted by Gasteiger charge is 2.19. The molecule has 0 amide bonds. The summed E-state index contributed by atoms with van der Waals surface area (Å²) in [6.45, 7) is 0.598. The number of nitrogens with zero attached hydrogens (tertiary/aromatic N) is 5. The zero-order chi connectivity index (χ0) is 24.2. The number of esters is 1. The Balaban J connectivity index is 1.52. The summed E-state index contributed by atoms with van der Waals surface area (Å²) < 4.78 is 7.18. The van der Waals surface area contributed by atoms with E-state index in [2.05, 4.69) is 55.7 Å². The van der Waals surface area contributed by atoms with Crippen molar-refractivity contribution in [3.8, 4) is 22.5 Å². The minimum Gasteiger partial charge on any atom is -0.465 e. The van der Waals surface area contributed by atoms with Gasteiger partial charge in [0.1, 0.15) is 5.82 Å². The molecule has 0 aliphatic heterocycles. The summed E-state index contributed by atoms with van der Waals surface area (Å²) in [5, 5.41) is 14.5. The standard InChI is InChI=1S/C26H24N6O2S/c1-34-26(33)21-8-5-9-22-24(21)32(23(27-22)14-15-35-2)16-17-10-12-18(13-11-17)19-6-3-4-7-20(19)25-28-30-31-29-25/h3-13H,14-16H2,1-2H3,(H,28,29,30,31). The summed E-state index contributed by atoms with van der Waals surface area (Å²) in [5.41, 5.74) is 6.24. The molecule has 0 radical (unpaired) electrons. The van der Waals surface area contributed by atoms with Crippen molar-refractivity contribution in [2.75, 3.05) is 19.1 Å². The van der Waals surface area contributed by atoms with Gasteiger partial charge < -0.3 is 9.30 Å². The van der Waals surface area contributed by atoms with Crippen LogP contribution in [0.3, 0.4) is 0 Å². The number of hydrogen-bond acceptors (Lipinski definition) is 7. The molecule has 0 aliphatic carbocycles. The smallest absolute Gasteiger partial charge is 0.340 e. The molecule has 0 saturated carbocycles. The first kappa shape index (κ1) is 22.8. The number of ether oxygens (including phenoxy) is 1. The molecule has 0 fully saturated rings. The molecule has 0 atom stereocenters. The van der Waals surface area contributed by atoms with Gasteiger partial charge in [0.2, 0.25) is 5.82 Å². The first-order valence-corrected chi connectivity index (χ1v) is 12.6. The lowest BCUT2D eigenvalue weighted by molar-refractivity contribution is 0.0602. The van der Waals surface area contributed by atoms with Gasteiger partial charge in [-0.15, -0.1) is 10.2 Å². The van der Waals surface area contributed by atoms with Gasteiger partial charge in [0, 0.05) is 24.3 Å². The number of H-pyrrole nitrogens is 1. The van der Waals surface area contributed by atoms with E-state index >= 15 is 0 Å². The second-order valence-corrected chi connectivity index (χ2v) is 8.99. The molecule has 0 unspecified atom stereocenters. The number of para-hydroxylation sites is 1. The van der Waals surface area contributed by atoms with Crippen LogP contribution >= 0.6 is 11.8 Å². The Morgan fingerprint density at radius 2 is 1.83 bits per heavy atom. The molecule has 1 N–H and O–H groups in total. The third-order valence-corrected chi connectivity index (χ3v) is 6.51. The molecule has 8 nitrogen and oxygen atoms in total. The predicted octanol–water partition coefficient (Wildman–Crippen LogP) is 4.62. The normalized spacial score (nSPS) is 11.1. The molecule has 0 bridgehead atoms. The van der Waals surface area contributed by atoms with E-state index in [1.54, 1.807) is 17.8 Å². The first-order valence-electron chi connectivity index (χ1n) is 11.2.